The van der Waals surface area contributed by atoms with Gasteiger partial charge in [0, 0.05) is 26.0 Å². The van der Waals surface area contributed by atoms with Crippen LogP contribution in [0.2, 0.25) is 0 Å². The molecule has 3 nitrogen and oxygen atoms in total. The number of hydrogen-bond acceptors (Lipinski definition) is 3. The van der Waals surface area contributed by atoms with E-state index >= 15 is 0 Å². The Kier molecular flexibility index (Phi) is 5.29. The van der Waals surface area contributed by atoms with Crippen LogP contribution in [0, 0.1) is 11.3 Å². The van der Waals surface area contributed by atoms with E-state index in [1.54, 1.807) is 12.3 Å². The highest BCUT2D eigenvalue weighted by Crippen LogP contribution is 2.09. The smallest absolute Gasteiger partial charge is 0.418 e. The molecule has 0 radical (unpaired) electrons. The van der Waals surface area contributed by atoms with Gasteiger partial charge in [-0.15, -0.1) is 0 Å². The Morgan fingerprint density at radius 3 is 2.19 bits per heavy atom. The van der Waals surface area contributed by atoms with E-state index in [0.29, 0.717) is 5.69 Å². The maximum Gasteiger partial charge on any atom is 0.673 e. The van der Waals surface area contributed by atoms with Gasteiger partial charge in [-0.3, -0.25) is 0 Å². The van der Waals surface area contributed by atoms with E-state index in [1.807, 2.05) is 31.1 Å². The SMILES string of the molecule is CN(C)c1ccnc(C#N)c1.F[B-](F)(F)F. The third-order valence-electron chi connectivity index (χ3n) is 1.37. The quantitative estimate of drug-likeness (QED) is 0.552. The third-order valence-corrected chi connectivity index (χ3v) is 1.37. The van der Waals surface area contributed by atoms with Crippen LogP contribution in [-0.2, 0) is 0 Å². The summed E-state index contributed by atoms with van der Waals surface area (Å²) in [5, 5.41) is 8.51. The molecule has 0 aliphatic heterocycles. The first kappa shape index (κ1) is 14.2. The molecule has 1 aromatic rings. The number of hydrogen-bond donors (Lipinski definition) is 0. The number of halogens is 4. The molecule has 0 aromatic carbocycles. The lowest BCUT2D eigenvalue weighted by atomic mass is 10.3. The van der Waals surface area contributed by atoms with Gasteiger partial charge >= 0.3 is 7.25 Å². The van der Waals surface area contributed by atoms with Gasteiger partial charge in [-0.25, -0.2) is 4.98 Å². The highest BCUT2D eigenvalue weighted by molar-refractivity contribution is 6.50. The van der Waals surface area contributed by atoms with Gasteiger partial charge in [0.1, 0.15) is 11.8 Å². The molecule has 0 spiro atoms. The molecular weight excluding hydrogens is 225 g/mol. The molecule has 0 N–H and O–H groups in total. The summed E-state index contributed by atoms with van der Waals surface area (Å²) in [6.07, 6.45) is 1.63. The van der Waals surface area contributed by atoms with Gasteiger partial charge < -0.3 is 22.2 Å². The highest BCUT2D eigenvalue weighted by atomic mass is 19.5. The van der Waals surface area contributed by atoms with Crippen molar-refractivity contribution < 1.29 is 17.3 Å². The van der Waals surface area contributed by atoms with E-state index < -0.39 is 7.25 Å². The average Bonchev–Trinajstić information content (AvgIpc) is 2.15. The molecule has 0 fully saturated rings. The predicted molar refractivity (Wildman–Crippen MR) is 53.5 cm³/mol. The van der Waals surface area contributed by atoms with E-state index in [4.69, 9.17) is 5.26 Å². The molecule has 0 aliphatic rings. The first-order chi connectivity index (χ1) is 7.24. The van der Waals surface area contributed by atoms with Crippen molar-refractivity contribution in [1.82, 2.24) is 4.98 Å². The first-order valence-corrected chi connectivity index (χ1v) is 4.15. The molecule has 0 amide bonds. The van der Waals surface area contributed by atoms with Crippen molar-refractivity contribution >= 4 is 12.9 Å². The van der Waals surface area contributed by atoms with E-state index in [1.165, 1.54) is 0 Å². The molecular formula is C8H9BF4N3-. The van der Waals surface area contributed by atoms with Crippen molar-refractivity contribution in [2.75, 3.05) is 19.0 Å². The fraction of sp³-hybridized carbons (Fsp3) is 0.250. The monoisotopic (exact) mass is 234 g/mol. The van der Waals surface area contributed by atoms with E-state index in [2.05, 4.69) is 4.98 Å². The molecule has 0 saturated heterocycles. The van der Waals surface area contributed by atoms with Crippen LogP contribution < -0.4 is 4.90 Å². The standard InChI is InChI=1S/C8H9N3.BF4/c1-11(2)8-3-4-10-7(5-8)6-9;2-1(3,4)5/h3-5H,1-2H3;/q;-1. The molecule has 1 heterocycles. The molecule has 1 rings (SSSR count). The lowest BCUT2D eigenvalue weighted by Gasteiger charge is -2.10. The predicted octanol–water partition coefficient (Wildman–Crippen LogP) is 2.32. The van der Waals surface area contributed by atoms with Crippen molar-refractivity contribution in [3.8, 4) is 6.07 Å². The Bertz CT molecular complexity index is 366. The summed E-state index contributed by atoms with van der Waals surface area (Å²) in [6.45, 7) is 0. The zero-order valence-electron chi connectivity index (χ0n) is 8.66. The van der Waals surface area contributed by atoms with E-state index in [-0.39, 0.29) is 0 Å². The number of nitrogens with zero attached hydrogens (tertiary/aromatic N) is 3. The number of rotatable bonds is 1. The van der Waals surface area contributed by atoms with Crippen molar-refractivity contribution in [2.24, 2.45) is 0 Å². The van der Waals surface area contributed by atoms with E-state index in [0.717, 1.165) is 5.69 Å². The molecule has 0 bridgehead atoms. The number of nitriles is 1. The maximum atomic E-state index is 9.75. The molecule has 0 unspecified atom stereocenters. The summed E-state index contributed by atoms with van der Waals surface area (Å²) in [7, 11) is -2.15. The third kappa shape index (κ3) is 7.61. The Labute approximate surface area is 90.4 Å². The number of pyridine rings is 1. The van der Waals surface area contributed by atoms with Crippen molar-refractivity contribution in [3.63, 3.8) is 0 Å². The lowest BCUT2D eigenvalue weighted by molar-refractivity contribution is 0.368. The summed E-state index contributed by atoms with van der Waals surface area (Å²) < 4.78 is 39.0. The largest absolute Gasteiger partial charge is 0.673 e. The summed E-state index contributed by atoms with van der Waals surface area (Å²) in [4.78, 5) is 5.79. The van der Waals surface area contributed by atoms with Gasteiger partial charge in [0.25, 0.3) is 0 Å². The fourth-order valence-corrected chi connectivity index (χ4v) is 0.759. The number of aromatic nitrogens is 1. The molecule has 16 heavy (non-hydrogen) atoms. The summed E-state index contributed by atoms with van der Waals surface area (Å²) >= 11 is 0. The fourth-order valence-electron chi connectivity index (χ4n) is 0.759. The summed E-state index contributed by atoms with van der Waals surface area (Å²) in [6, 6.07) is 5.60. The Morgan fingerprint density at radius 2 is 1.81 bits per heavy atom. The topological polar surface area (TPSA) is 39.9 Å². The summed E-state index contributed by atoms with van der Waals surface area (Å²) in [5.41, 5.74) is 1.45. The molecule has 8 heteroatoms. The van der Waals surface area contributed by atoms with Crippen LogP contribution in [0.5, 0.6) is 0 Å². The van der Waals surface area contributed by atoms with Crippen LogP contribution in [0.15, 0.2) is 18.3 Å². The zero-order valence-corrected chi connectivity index (χ0v) is 8.66. The first-order valence-electron chi connectivity index (χ1n) is 4.15. The Balaban J connectivity index is 0.000000385. The van der Waals surface area contributed by atoms with Crippen LogP contribution in [-0.4, -0.2) is 26.3 Å². The minimum atomic E-state index is -6.00. The zero-order chi connectivity index (χ0) is 12.8. The molecule has 0 saturated carbocycles. The molecule has 0 atom stereocenters. The van der Waals surface area contributed by atoms with Gasteiger partial charge in [0.05, 0.1) is 0 Å². The van der Waals surface area contributed by atoms with Crippen LogP contribution in [0.3, 0.4) is 0 Å². The highest BCUT2D eigenvalue weighted by Gasteiger charge is 2.20. The second-order valence-corrected chi connectivity index (χ2v) is 2.90. The molecule has 88 valence electrons. The van der Waals surface area contributed by atoms with Crippen molar-refractivity contribution in [2.45, 2.75) is 0 Å². The minimum Gasteiger partial charge on any atom is -0.418 e. The van der Waals surface area contributed by atoms with Crippen molar-refractivity contribution in [3.05, 3.63) is 24.0 Å². The molecule has 1 aromatic heterocycles. The van der Waals surface area contributed by atoms with Crippen molar-refractivity contribution in [1.29, 1.82) is 5.26 Å². The van der Waals surface area contributed by atoms with Crippen LogP contribution in [0.1, 0.15) is 5.69 Å². The van der Waals surface area contributed by atoms with Crippen LogP contribution in [0.25, 0.3) is 0 Å². The van der Waals surface area contributed by atoms with Crippen LogP contribution in [0.4, 0.5) is 23.0 Å². The summed E-state index contributed by atoms with van der Waals surface area (Å²) in [5.74, 6) is 0. The van der Waals surface area contributed by atoms with Gasteiger partial charge in [0.2, 0.25) is 0 Å². The van der Waals surface area contributed by atoms with Gasteiger partial charge in [0.15, 0.2) is 0 Å². The van der Waals surface area contributed by atoms with E-state index in [9.17, 15) is 17.3 Å². The second kappa shape index (κ2) is 5.95. The Hall–Kier alpha value is -1.78. The Morgan fingerprint density at radius 1 is 1.31 bits per heavy atom. The van der Waals surface area contributed by atoms with Gasteiger partial charge in [-0.1, -0.05) is 0 Å². The average molecular weight is 234 g/mol. The van der Waals surface area contributed by atoms with Gasteiger partial charge in [-0.05, 0) is 12.1 Å². The maximum absolute atomic E-state index is 9.75. The lowest BCUT2D eigenvalue weighted by Crippen LogP contribution is -2.08. The van der Waals surface area contributed by atoms with Crippen LogP contribution >= 0.6 is 0 Å². The minimum absolute atomic E-state index is 0.455. The molecule has 0 aliphatic carbocycles. The van der Waals surface area contributed by atoms with Gasteiger partial charge in [-0.2, -0.15) is 5.26 Å². The normalized spacial score (nSPS) is 9.81. The number of anilines is 1. The second-order valence-electron chi connectivity index (χ2n) is 2.90.